The molecule has 2 saturated heterocycles. The number of fused-ring (bicyclic) bond motifs is 1. The second-order valence-corrected chi connectivity index (χ2v) is 6.54. The molecule has 23 heavy (non-hydrogen) atoms. The average Bonchev–Trinajstić information content (AvgIpc) is 3.08. The van der Waals surface area contributed by atoms with Crippen LogP contribution in [0.3, 0.4) is 0 Å². The highest BCUT2D eigenvalue weighted by molar-refractivity contribution is 5.74. The standard InChI is InChI=1S/C17H24N4O2/c22-16-12-23-11-15(16)21-7-3-6-20(8-9-21)10-17-18-13-4-1-2-5-14(13)19-17/h1-2,4-5,15-16,22H,3,6-12H2,(H,18,19)/t15-,16-/m1/s1. The molecule has 2 aliphatic heterocycles. The molecule has 2 aliphatic rings. The molecule has 3 heterocycles. The van der Waals surface area contributed by atoms with E-state index in [0.29, 0.717) is 13.2 Å². The first-order chi connectivity index (χ1) is 11.3. The van der Waals surface area contributed by atoms with Crippen LogP contribution >= 0.6 is 0 Å². The largest absolute Gasteiger partial charge is 0.389 e. The summed E-state index contributed by atoms with van der Waals surface area (Å²) in [5.74, 6) is 1.03. The zero-order valence-corrected chi connectivity index (χ0v) is 13.3. The van der Waals surface area contributed by atoms with Crippen molar-refractivity contribution in [3.05, 3.63) is 30.1 Å². The van der Waals surface area contributed by atoms with Crippen molar-refractivity contribution in [3.8, 4) is 0 Å². The van der Waals surface area contributed by atoms with Gasteiger partial charge in [0, 0.05) is 13.1 Å². The minimum absolute atomic E-state index is 0.168. The number of hydrogen-bond donors (Lipinski definition) is 2. The third kappa shape index (κ3) is 3.26. The fourth-order valence-electron chi connectivity index (χ4n) is 3.65. The molecule has 6 heteroatoms. The summed E-state index contributed by atoms with van der Waals surface area (Å²) >= 11 is 0. The molecule has 0 radical (unpaired) electrons. The zero-order valence-electron chi connectivity index (χ0n) is 13.3. The van der Waals surface area contributed by atoms with Crippen LogP contribution in [-0.4, -0.2) is 76.4 Å². The van der Waals surface area contributed by atoms with Gasteiger partial charge in [0.1, 0.15) is 5.82 Å². The van der Waals surface area contributed by atoms with E-state index in [2.05, 4.69) is 25.8 Å². The molecule has 6 nitrogen and oxygen atoms in total. The summed E-state index contributed by atoms with van der Waals surface area (Å²) in [5.41, 5.74) is 2.13. The molecule has 1 aromatic carbocycles. The Kier molecular flexibility index (Phi) is 4.31. The molecule has 4 rings (SSSR count). The van der Waals surface area contributed by atoms with Crippen molar-refractivity contribution in [2.45, 2.75) is 25.1 Å². The van der Waals surface area contributed by atoms with E-state index in [4.69, 9.17) is 4.74 Å². The van der Waals surface area contributed by atoms with Gasteiger partial charge in [-0.2, -0.15) is 0 Å². The van der Waals surface area contributed by atoms with E-state index in [0.717, 1.165) is 56.0 Å². The van der Waals surface area contributed by atoms with Crippen molar-refractivity contribution in [3.63, 3.8) is 0 Å². The Balaban J connectivity index is 1.38. The van der Waals surface area contributed by atoms with Crippen molar-refractivity contribution in [1.82, 2.24) is 19.8 Å². The predicted octanol–water partition coefficient (Wildman–Crippen LogP) is 0.830. The third-order valence-electron chi connectivity index (χ3n) is 4.93. The number of aliphatic hydroxyl groups excluding tert-OH is 1. The van der Waals surface area contributed by atoms with Crippen LogP contribution in [0, 0.1) is 0 Å². The number of imidazole rings is 1. The lowest BCUT2D eigenvalue weighted by Gasteiger charge is -2.28. The van der Waals surface area contributed by atoms with E-state index in [9.17, 15) is 5.11 Å². The summed E-state index contributed by atoms with van der Waals surface area (Å²) in [5, 5.41) is 10.0. The van der Waals surface area contributed by atoms with Gasteiger partial charge in [-0.05, 0) is 31.6 Å². The summed E-state index contributed by atoms with van der Waals surface area (Å²) in [4.78, 5) is 12.9. The molecule has 2 aromatic rings. The first-order valence-corrected chi connectivity index (χ1v) is 8.45. The molecule has 2 N–H and O–H groups in total. The maximum absolute atomic E-state index is 10.0. The monoisotopic (exact) mass is 316 g/mol. The first kappa shape index (κ1) is 15.1. The number of aromatic amines is 1. The van der Waals surface area contributed by atoms with Crippen LogP contribution in [-0.2, 0) is 11.3 Å². The van der Waals surface area contributed by atoms with E-state index in [1.54, 1.807) is 0 Å². The van der Waals surface area contributed by atoms with Crippen molar-refractivity contribution in [1.29, 1.82) is 0 Å². The highest BCUT2D eigenvalue weighted by atomic mass is 16.5. The molecule has 2 fully saturated rings. The van der Waals surface area contributed by atoms with Crippen LogP contribution < -0.4 is 0 Å². The van der Waals surface area contributed by atoms with Crippen molar-refractivity contribution >= 4 is 11.0 Å². The maximum Gasteiger partial charge on any atom is 0.121 e. The first-order valence-electron chi connectivity index (χ1n) is 8.45. The van der Waals surface area contributed by atoms with Gasteiger partial charge in [0.15, 0.2) is 0 Å². The fraction of sp³-hybridized carbons (Fsp3) is 0.588. The number of benzene rings is 1. The molecular weight excluding hydrogens is 292 g/mol. The van der Waals surface area contributed by atoms with Gasteiger partial charge < -0.3 is 14.8 Å². The van der Waals surface area contributed by atoms with Gasteiger partial charge >= 0.3 is 0 Å². The van der Waals surface area contributed by atoms with Crippen LogP contribution in [0.2, 0.25) is 0 Å². The normalized spacial score (nSPS) is 27.5. The molecular formula is C17H24N4O2. The number of aliphatic hydroxyl groups is 1. The molecule has 0 amide bonds. The van der Waals surface area contributed by atoms with Crippen molar-refractivity contribution in [2.24, 2.45) is 0 Å². The van der Waals surface area contributed by atoms with Crippen molar-refractivity contribution in [2.75, 3.05) is 39.4 Å². The maximum atomic E-state index is 10.0. The lowest BCUT2D eigenvalue weighted by atomic mass is 10.2. The molecule has 124 valence electrons. The van der Waals surface area contributed by atoms with E-state index in [1.807, 2.05) is 18.2 Å². The van der Waals surface area contributed by atoms with Gasteiger partial charge in [0.2, 0.25) is 0 Å². The highest BCUT2D eigenvalue weighted by Crippen LogP contribution is 2.17. The number of hydrogen-bond acceptors (Lipinski definition) is 5. The van der Waals surface area contributed by atoms with Gasteiger partial charge in [-0.1, -0.05) is 12.1 Å². The number of nitrogens with zero attached hydrogens (tertiary/aromatic N) is 3. The number of para-hydroxylation sites is 2. The molecule has 0 bridgehead atoms. The topological polar surface area (TPSA) is 64.6 Å². The van der Waals surface area contributed by atoms with Crippen LogP contribution in [0.25, 0.3) is 11.0 Å². The quantitative estimate of drug-likeness (QED) is 0.878. The Bertz CT molecular complexity index is 626. The van der Waals surface area contributed by atoms with Gasteiger partial charge in [-0.15, -0.1) is 0 Å². The van der Waals surface area contributed by atoms with Crippen LogP contribution in [0.15, 0.2) is 24.3 Å². The Labute approximate surface area is 136 Å². The molecule has 0 aliphatic carbocycles. The summed E-state index contributed by atoms with van der Waals surface area (Å²) in [6.07, 6.45) is 0.778. The molecule has 0 spiro atoms. The van der Waals surface area contributed by atoms with E-state index in [-0.39, 0.29) is 12.1 Å². The second-order valence-electron chi connectivity index (χ2n) is 6.54. The predicted molar refractivity (Wildman–Crippen MR) is 88.2 cm³/mol. The molecule has 0 saturated carbocycles. The Morgan fingerprint density at radius 2 is 2.09 bits per heavy atom. The summed E-state index contributed by atoms with van der Waals surface area (Å²) in [6.45, 7) is 6.06. The minimum Gasteiger partial charge on any atom is -0.389 e. The van der Waals surface area contributed by atoms with Gasteiger partial charge in [-0.25, -0.2) is 4.98 Å². The number of nitrogens with one attached hydrogen (secondary N) is 1. The Morgan fingerprint density at radius 3 is 2.91 bits per heavy atom. The Hall–Kier alpha value is -1.47. The second kappa shape index (κ2) is 6.57. The van der Waals surface area contributed by atoms with Gasteiger partial charge in [-0.3, -0.25) is 9.80 Å². The average molecular weight is 316 g/mol. The molecule has 0 unspecified atom stereocenters. The highest BCUT2D eigenvalue weighted by Gasteiger charge is 2.32. The summed E-state index contributed by atoms with van der Waals surface area (Å²) in [6, 6.07) is 8.33. The minimum atomic E-state index is -0.336. The van der Waals surface area contributed by atoms with Crippen molar-refractivity contribution < 1.29 is 9.84 Å². The SMILES string of the molecule is O[C@@H]1COC[C@H]1N1CCCN(Cc2nc3ccccc3[nH]2)CC1. The fourth-order valence-corrected chi connectivity index (χ4v) is 3.65. The number of aromatic nitrogens is 2. The van der Waals surface area contributed by atoms with Gasteiger partial charge in [0.05, 0.1) is 42.9 Å². The summed E-state index contributed by atoms with van der Waals surface area (Å²) in [7, 11) is 0. The van der Waals surface area contributed by atoms with E-state index < -0.39 is 0 Å². The number of H-pyrrole nitrogens is 1. The Morgan fingerprint density at radius 1 is 1.17 bits per heavy atom. The van der Waals surface area contributed by atoms with Crippen LogP contribution in [0.5, 0.6) is 0 Å². The van der Waals surface area contributed by atoms with E-state index in [1.165, 1.54) is 0 Å². The smallest absolute Gasteiger partial charge is 0.121 e. The van der Waals surface area contributed by atoms with Crippen LogP contribution in [0.4, 0.5) is 0 Å². The van der Waals surface area contributed by atoms with Crippen LogP contribution in [0.1, 0.15) is 12.2 Å². The van der Waals surface area contributed by atoms with Gasteiger partial charge in [0.25, 0.3) is 0 Å². The number of rotatable bonds is 3. The number of ether oxygens (including phenoxy) is 1. The van der Waals surface area contributed by atoms with E-state index >= 15 is 0 Å². The lowest BCUT2D eigenvalue weighted by Crippen LogP contribution is -2.44. The lowest BCUT2D eigenvalue weighted by molar-refractivity contribution is 0.0836. The molecule has 1 aromatic heterocycles. The summed E-state index contributed by atoms with van der Waals surface area (Å²) < 4.78 is 5.40. The zero-order chi connectivity index (χ0) is 15.6. The molecule has 2 atom stereocenters. The third-order valence-corrected chi connectivity index (χ3v) is 4.93.